The van der Waals surface area contributed by atoms with Gasteiger partial charge in [0.1, 0.15) is 12.2 Å². The van der Waals surface area contributed by atoms with Crippen LogP contribution in [0.1, 0.15) is 22.3 Å². The lowest BCUT2D eigenvalue weighted by Gasteiger charge is -2.37. The van der Waals surface area contributed by atoms with E-state index < -0.39 is 18.2 Å². The second-order valence-electron chi connectivity index (χ2n) is 6.45. The highest BCUT2D eigenvalue weighted by Crippen LogP contribution is 2.27. The summed E-state index contributed by atoms with van der Waals surface area (Å²) < 4.78 is 5.27. The molecule has 1 saturated heterocycles. The molecule has 126 valence electrons. The standard InChI is InChI=1S/C17H24N2O4/c1-18-7-3-4-11-8-12(5-6-13(11)18)17(22)19(2)14-9-23-10-15(20)16(14)21/h5-6,8,14-16,20-21H,3-4,7,9-10H2,1-2H3/t14-,15-,16+/m1/s1. The maximum atomic E-state index is 12.7. The summed E-state index contributed by atoms with van der Waals surface area (Å²) in [5.41, 5.74) is 2.96. The predicted molar refractivity (Wildman–Crippen MR) is 86.7 cm³/mol. The van der Waals surface area contributed by atoms with Gasteiger partial charge >= 0.3 is 0 Å². The fraction of sp³-hybridized carbons (Fsp3) is 0.588. The van der Waals surface area contributed by atoms with E-state index in [1.165, 1.54) is 16.2 Å². The van der Waals surface area contributed by atoms with Crippen LogP contribution >= 0.6 is 0 Å². The average Bonchev–Trinajstić information content (AvgIpc) is 2.56. The molecule has 23 heavy (non-hydrogen) atoms. The second-order valence-corrected chi connectivity index (χ2v) is 6.45. The van der Waals surface area contributed by atoms with Crippen molar-refractivity contribution < 1.29 is 19.7 Å². The Morgan fingerprint density at radius 1 is 1.35 bits per heavy atom. The number of hydrogen-bond donors (Lipinski definition) is 2. The third-order valence-electron chi connectivity index (χ3n) is 4.86. The zero-order valence-corrected chi connectivity index (χ0v) is 13.6. The van der Waals surface area contributed by atoms with Gasteiger partial charge in [-0.3, -0.25) is 4.79 Å². The fourth-order valence-corrected chi connectivity index (χ4v) is 3.38. The van der Waals surface area contributed by atoms with Crippen LogP contribution in [0, 0.1) is 0 Å². The van der Waals surface area contributed by atoms with Gasteiger partial charge in [0.2, 0.25) is 0 Å². The van der Waals surface area contributed by atoms with Crippen LogP contribution in [0.2, 0.25) is 0 Å². The van der Waals surface area contributed by atoms with Crippen molar-refractivity contribution in [3.05, 3.63) is 29.3 Å². The van der Waals surface area contributed by atoms with Crippen molar-refractivity contribution in [2.24, 2.45) is 0 Å². The van der Waals surface area contributed by atoms with E-state index in [0.717, 1.165) is 19.4 Å². The number of carbonyl (C=O) groups is 1. The molecule has 1 fully saturated rings. The van der Waals surface area contributed by atoms with Gasteiger partial charge in [-0.25, -0.2) is 0 Å². The first-order valence-corrected chi connectivity index (χ1v) is 8.04. The molecule has 3 rings (SSSR count). The van der Waals surface area contributed by atoms with E-state index in [0.29, 0.717) is 5.56 Å². The van der Waals surface area contributed by atoms with Crippen molar-refractivity contribution in [1.82, 2.24) is 4.90 Å². The Balaban J connectivity index is 1.80. The number of amides is 1. The van der Waals surface area contributed by atoms with Crippen LogP contribution in [0.25, 0.3) is 0 Å². The molecule has 0 spiro atoms. The lowest BCUT2D eigenvalue weighted by molar-refractivity contribution is -0.122. The van der Waals surface area contributed by atoms with E-state index in [2.05, 4.69) is 11.9 Å². The van der Waals surface area contributed by atoms with Gasteiger partial charge in [-0.2, -0.15) is 0 Å². The minimum Gasteiger partial charge on any atom is -0.388 e. The molecule has 0 saturated carbocycles. The third-order valence-corrected chi connectivity index (χ3v) is 4.86. The van der Waals surface area contributed by atoms with Crippen LogP contribution in [0.5, 0.6) is 0 Å². The first kappa shape index (κ1) is 16.2. The van der Waals surface area contributed by atoms with Gasteiger partial charge < -0.3 is 24.7 Å². The lowest BCUT2D eigenvalue weighted by Crippen LogP contribution is -2.56. The number of ether oxygens (including phenoxy) is 1. The van der Waals surface area contributed by atoms with E-state index >= 15 is 0 Å². The Morgan fingerprint density at radius 2 is 2.13 bits per heavy atom. The minimum absolute atomic E-state index is 0.102. The number of benzene rings is 1. The molecule has 0 radical (unpaired) electrons. The van der Waals surface area contributed by atoms with Gasteiger partial charge in [0.25, 0.3) is 5.91 Å². The van der Waals surface area contributed by atoms with Crippen molar-refractivity contribution in [2.45, 2.75) is 31.1 Å². The number of nitrogens with zero attached hydrogens (tertiary/aromatic N) is 2. The Bertz CT molecular complexity index is 592. The number of hydrogen-bond acceptors (Lipinski definition) is 5. The zero-order chi connectivity index (χ0) is 16.6. The van der Waals surface area contributed by atoms with Gasteiger partial charge in [-0.15, -0.1) is 0 Å². The maximum absolute atomic E-state index is 12.7. The first-order valence-electron chi connectivity index (χ1n) is 8.04. The van der Waals surface area contributed by atoms with Crippen LogP contribution in [-0.2, 0) is 11.2 Å². The summed E-state index contributed by atoms with van der Waals surface area (Å²) in [5, 5.41) is 19.8. The minimum atomic E-state index is -0.985. The highest BCUT2D eigenvalue weighted by Gasteiger charge is 2.36. The molecule has 0 bridgehead atoms. The molecule has 1 aromatic rings. The van der Waals surface area contributed by atoms with Crippen molar-refractivity contribution in [3.8, 4) is 0 Å². The van der Waals surface area contributed by atoms with Crippen molar-refractivity contribution in [2.75, 3.05) is 38.8 Å². The summed E-state index contributed by atoms with van der Waals surface area (Å²) in [6.45, 7) is 1.36. The monoisotopic (exact) mass is 320 g/mol. The summed E-state index contributed by atoms with van der Waals surface area (Å²) in [5.74, 6) is -0.164. The molecule has 1 amide bonds. The van der Waals surface area contributed by atoms with Crippen LogP contribution in [0.4, 0.5) is 5.69 Å². The number of aliphatic hydroxyl groups is 2. The van der Waals surface area contributed by atoms with E-state index in [-0.39, 0.29) is 19.1 Å². The predicted octanol–water partition coefficient (Wildman–Crippen LogP) is 0.262. The SMILES string of the molecule is CN1CCCc2cc(C(=O)N(C)[C@@H]3COC[C@@H](O)[C@H]3O)ccc21. The summed E-state index contributed by atoms with van der Waals surface area (Å²) in [4.78, 5) is 16.4. The van der Waals surface area contributed by atoms with E-state index in [1.54, 1.807) is 7.05 Å². The smallest absolute Gasteiger partial charge is 0.254 e. The molecular formula is C17H24N2O4. The topological polar surface area (TPSA) is 73.2 Å². The Hall–Kier alpha value is -1.63. The van der Waals surface area contributed by atoms with Crippen LogP contribution in [-0.4, -0.2) is 73.1 Å². The van der Waals surface area contributed by atoms with Crippen LogP contribution in [0.3, 0.4) is 0 Å². The maximum Gasteiger partial charge on any atom is 0.254 e. The largest absolute Gasteiger partial charge is 0.388 e. The second kappa shape index (κ2) is 6.47. The van der Waals surface area contributed by atoms with Crippen molar-refractivity contribution in [3.63, 3.8) is 0 Å². The number of aryl methyl sites for hydroxylation is 1. The quantitative estimate of drug-likeness (QED) is 0.818. The number of anilines is 1. The number of carbonyl (C=O) groups excluding carboxylic acids is 1. The molecule has 2 heterocycles. The fourth-order valence-electron chi connectivity index (χ4n) is 3.38. The zero-order valence-electron chi connectivity index (χ0n) is 13.6. The van der Waals surface area contributed by atoms with Gasteiger partial charge in [0, 0.05) is 31.9 Å². The van der Waals surface area contributed by atoms with Crippen molar-refractivity contribution >= 4 is 11.6 Å². The van der Waals surface area contributed by atoms with Gasteiger partial charge in [-0.1, -0.05) is 0 Å². The summed E-state index contributed by atoms with van der Waals surface area (Å²) in [6, 6.07) is 5.21. The van der Waals surface area contributed by atoms with Crippen LogP contribution in [0.15, 0.2) is 18.2 Å². The van der Waals surface area contributed by atoms with Crippen molar-refractivity contribution in [1.29, 1.82) is 0 Å². The van der Waals surface area contributed by atoms with Gasteiger partial charge in [0.15, 0.2) is 0 Å². The highest BCUT2D eigenvalue weighted by atomic mass is 16.5. The Labute approximate surface area is 136 Å². The molecule has 2 aliphatic heterocycles. The number of likely N-dealkylation sites (N-methyl/N-ethyl adjacent to an activating group) is 1. The average molecular weight is 320 g/mol. The lowest BCUT2D eigenvalue weighted by atomic mass is 9.98. The van der Waals surface area contributed by atoms with E-state index in [9.17, 15) is 15.0 Å². The molecule has 6 heteroatoms. The van der Waals surface area contributed by atoms with E-state index in [4.69, 9.17) is 4.74 Å². The number of aliphatic hydroxyl groups excluding tert-OH is 2. The molecular weight excluding hydrogens is 296 g/mol. The molecule has 3 atom stereocenters. The molecule has 0 aromatic heterocycles. The molecule has 1 aromatic carbocycles. The Kier molecular flexibility index (Phi) is 4.57. The molecule has 0 aliphatic carbocycles. The third kappa shape index (κ3) is 3.06. The van der Waals surface area contributed by atoms with Gasteiger partial charge in [-0.05, 0) is 36.6 Å². The molecule has 0 unspecified atom stereocenters. The molecule has 6 nitrogen and oxygen atoms in total. The van der Waals surface area contributed by atoms with E-state index in [1.807, 2.05) is 18.2 Å². The Morgan fingerprint density at radius 3 is 2.91 bits per heavy atom. The summed E-state index contributed by atoms with van der Waals surface area (Å²) in [7, 11) is 3.70. The van der Waals surface area contributed by atoms with Crippen LogP contribution < -0.4 is 4.90 Å². The number of fused-ring (bicyclic) bond motifs is 1. The molecule has 2 aliphatic rings. The highest BCUT2D eigenvalue weighted by molar-refractivity contribution is 5.95. The molecule has 2 N–H and O–H groups in total. The number of rotatable bonds is 2. The summed E-state index contributed by atoms with van der Waals surface area (Å²) in [6.07, 6.45) is 0.110. The van der Waals surface area contributed by atoms with Gasteiger partial charge in [0.05, 0.1) is 19.3 Å². The first-order chi connectivity index (χ1) is 11.0. The normalized spacial score (nSPS) is 27.5. The summed E-state index contributed by atoms with van der Waals surface area (Å²) >= 11 is 0.